The average Bonchev–Trinajstić information content (AvgIpc) is 3.34. The molecular formula is C35H38FN5O5S. The molecule has 10 nitrogen and oxygen atoms in total. The zero-order chi connectivity index (χ0) is 32.8. The topological polar surface area (TPSA) is 126 Å². The van der Waals surface area contributed by atoms with Gasteiger partial charge in [-0.2, -0.15) is 0 Å². The van der Waals surface area contributed by atoms with E-state index in [1.807, 2.05) is 31.2 Å². The van der Waals surface area contributed by atoms with Crippen LogP contribution in [0.3, 0.4) is 0 Å². The highest BCUT2D eigenvalue weighted by Gasteiger charge is 2.26. The van der Waals surface area contributed by atoms with E-state index in [9.17, 15) is 19.1 Å². The van der Waals surface area contributed by atoms with Crippen LogP contribution in [0.4, 0.5) is 4.39 Å². The van der Waals surface area contributed by atoms with Crippen LogP contribution < -0.4 is 15.4 Å². The minimum absolute atomic E-state index is 0.00145. The lowest BCUT2D eigenvalue weighted by Gasteiger charge is -2.29. The Balaban J connectivity index is 1.12. The summed E-state index contributed by atoms with van der Waals surface area (Å²) in [4.78, 5) is 36.6. The number of hydrogen-bond donors (Lipinski definition) is 3. The average molecular weight is 660 g/mol. The van der Waals surface area contributed by atoms with Crippen LogP contribution in [-0.4, -0.2) is 70.2 Å². The molecule has 0 unspecified atom stereocenters. The molecule has 3 heterocycles. The highest BCUT2D eigenvalue weighted by Crippen LogP contribution is 2.33. The van der Waals surface area contributed by atoms with Gasteiger partial charge in [0.15, 0.2) is 0 Å². The van der Waals surface area contributed by atoms with Gasteiger partial charge in [-0.05, 0) is 86.1 Å². The van der Waals surface area contributed by atoms with Crippen LogP contribution in [0.25, 0.3) is 11.1 Å². The summed E-state index contributed by atoms with van der Waals surface area (Å²) in [5.41, 5.74) is 3.20. The predicted molar refractivity (Wildman–Crippen MR) is 176 cm³/mol. The second-order valence-corrected chi connectivity index (χ2v) is 13.0. The first-order valence-corrected chi connectivity index (χ1v) is 16.8. The Hall–Kier alpha value is -4.39. The van der Waals surface area contributed by atoms with Crippen molar-refractivity contribution >= 4 is 23.2 Å². The van der Waals surface area contributed by atoms with Crippen molar-refractivity contribution in [1.29, 1.82) is 0 Å². The summed E-state index contributed by atoms with van der Waals surface area (Å²) in [5, 5.41) is 18.9. The molecule has 0 radical (unpaired) electrons. The van der Waals surface area contributed by atoms with Crippen molar-refractivity contribution in [3.05, 3.63) is 87.8 Å². The molecule has 2 aromatic heterocycles. The van der Waals surface area contributed by atoms with Gasteiger partial charge in [0.1, 0.15) is 28.6 Å². The van der Waals surface area contributed by atoms with Gasteiger partial charge in [-0.15, -0.1) is 11.3 Å². The van der Waals surface area contributed by atoms with Gasteiger partial charge < -0.3 is 25.2 Å². The molecule has 12 heteroatoms. The fraction of sp³-hybridized carbons (Fsp3) is 0.371. The van der Waals surface area contributed by atoms with Gasteiger partial charge >= 0.3 is 0 Å². The Kier molecular flexibility index (Phi) is 10.4. The van der Waals surface area contributed by atoms with Crippen LogP contribution in [0, 0.1) is 12.7 Å². The summed E-state index contributed by atoms with van der Waals surface area (Å²) in [7, 11) is 0. The Morgan fingerprint density at radius 1 is 1.04 bits per heavy atom. The van der Waals surface area contributed by atoms with E-state index in [1.165, 1.54) is 11.3 Å². The number of phenols is 1. The number of benzene rings is 2. The van der Waals surface area contributed by atoms with Crippen LogP contribution in [0.5, 0.6) is 17.4 Å². The largest absolute Gasteiger partial charge is 0.508 e. The lowest BCUT2D eigenvalue weighted by molar-refractivity contribution is 0.0888. The number of pyridine rings is 1. The minimum Gasteiger partial charge on any atom is -0.508 e. The van der Waals surface area contributed by atoms with E-state index in [0.29, 0.717) is 50.3 Å². The number of rotatable bonds is 9. The van der Waals surface area contributed by atoms with Crippen molar-refractivity contribution in [2.75, 3.05) is 26.3 Å². The molecule has 2 aromatic carbocycles. The number of carbonyl (C=O) groups is 2. The highest BCUT2D eigenvalue weighted by atomic mass is 32.1. The molecule has 0 bridgehead atoms. The number of aryl methyl sites for hydroxylation is 1. The fourth-order valence-electron chi connectivity index (χ4n) is 6.07. The molecule has 246 valence electrons. The molecule has 47 heavy (non-hydrogen) atoms. The smallest absolute Gasteiger partial charge is 0.270 e. The quantitative estimate of drug-likeness (QED) is 0.205. The number of phenolic OH excluding ortho intramolecular Hbond substituents is 1. The van der Waals surface area contributed by atoms with Crippen LogP contribution in [-0.2, 0) is 11.3 Å². The maximum Gasteiger partial charge on any atom is 0.270 e. The zero-order valence-corrected chi connectivity index (χ0v) is 27.0. The molecule has 6 rings (SSSR count). The molecule has 2 amide bonds. The Labute approximate surface area is 277 Å². The molecule has 1 aliphatic carbocycles. The van der Waals surface area contributed by atoms with Gasteiger partial charge in [-0.1, -0.05) is 18.2 Å². The number of ether oxygens (including phenoxy) is 2. The Bertz CT molecular complexity index is 1720. The summed E-state index contributed by atoms with van der Waals surface area (Å²) in [6, 6.07) is 13.7. The first-order chi connectivity index (χ1) is 22.8. The van der Waals surface area contributed by atoms with Gasteiger partial charge in [0.25, 0.3) is 11.8 Å². The molecule has 0 atom stereocenters. The molecule has 2 fully saturated rings. The third-order valence-corrected chi connectivity index (χ3v) is 9.24. The summed E-state index contributed by atoms with van der Waals surface area (Å²) in [6.07, 6.45) is 4.69. The van der Waals surface area contributed by atoms with Crippen molar-refractivity contribution in [1.82, 2.24) is 25.5 Å². The minimum atomic E-state index is -0.646. The number of nitrogens with one attached hydrogen (secondary N) is 2. The van der Waals surface area contributed by atoms with Crippen LogP contribution in [0.15, 0.2) is 60.1 Å². The first-order valence-electron chi connectivity index (χ1n) is 15.9. The normalized spacial score (nSPS) is 18.7. The lowest BCUT2D eigenvalue weighted by Crippen LogP contribution is -2.44. The van der Waals surface area contributed by atoms with E-state index in [-0.39, 0.29) is 35.2 Å². The molecule has 1 saturated carbocycles. The Morgan fingerprint density at radius 3 is 2.60 bits per heavy atom. The third kappa shape index (κ3) is 8.51. The van der Waals surface area contributed by atoms with Gasteiger partial charge in [0.05, 0.1) is 17.8 Å². The fourth-order valence-corrected chi connectivity index (χ4v) is 6.66. The second kappa shape index (κ2) is 15.0. The number of hydrogen-bond acceptors (Lipinski definition) is 9. The molecule has 4 aromatic rings. The van der Waals surface area contributed by atoms with Crippen LogP contribution in [0.2, 0.25) is 0 Å². The number of thiazole rings is 1. The number of amides is 2. The summed E-state index contributed by atoms with van der Waals surface area (Å²) >= 11 is 1.43. The number of nitrogens with zero attached hydrogens (tertiary/aromatic N) is 3. The number of aromatic nitrogens is 2. The highest BCUT2D eigenvalue weighted by molar-refractivity contribution is 7.09. The summed E-state index contributed by atoms with van der Waals surface area (Å²) in [5.74, 6) is -0.686. The van der Waals surface area contributed by atoms with E-state index in [0.717, 1.165) is 60.1 Å². The van der Waals surface area contributed by atoms with Gasteiger partial charge in [0.2, 0.25) is 5.88 Å². The van der Waals surface area contributed by atoms with E-state index >= 15 is 0 Å². The molecule has 1 saturated heterocycles. The van der Waals surface area contributed by atoms with Gasteiger partial charge in [0, 0.05) is 43.7 Å². The van der Waals surface area contributed by atoms with Crippen molar-refractivity contribution in [2.45, 2.75) is 57.7 Å². The maximum absolute atomic E-state index is 14.3. The van der Waals surface area contributed by atoms with Crippen molar-refractivity contribution < 1.29 is 28.6 Å². The third-order valence-electron chi connectivity index (χ3n) is 8.47. The molecule has 1 aliphatic heterocycles. The van der Waals surface area contributed by atoms with E-state index < -0.39 is 11.7 Å². The SMILES string of the molecule is Cc1nc(C(=O)N[C@H]2CC[C@@H](NC(=O)c3cc(F)cnc3Oc3cccc(-c4ccc(O)cc4CN4CCCOCC4)c3)CC2)cs1. The van der Waals surface area contributed by atoms with E-state index in [4.69, 9.17) is 9.47 Å². The van der Waals surface area contributed by atoms with Crippen molar-refractivity contribution in [3.63, 3.8) is 0 Å². The van der Waals surface area contributed by atoms with Gasteiger partial charge in [-0.25, -0.2) is 14.4 Å². The van der Waals surface area contributed by atoms with E-state index in [1.54, 1.807) is 23.6 Å². The molecular weight excluding hydrogens is 621 g/mol. The number of halogens is 1. The standard InChI is InChI=1S/C35H38FN5O5S/c1-22-38-32(21-47-22)34(44)40-27-8-6-26(7-9-27)39-33(43)31-18-25(36)19-37-35(31)46-29-5-2-4-23(17-29)30-11-10-28(42)16-24(30)20-41-12-3-14-45-15-13-41/h2,4-5,10-11,16-19,21,26-27,42H,3,6-9,12-15,20H2,1H3,(H,39,43)(H,40,44)/t26-,27+. The van der Waals surface area contributed by atoms with Gasteiger partial charge in [-0.3, -0.25) is 14.5 Å². The molecule has 2 aliphatic rings. The summed E-state index contributed by atoms with van der Waals surface area (Å²) < 4.78 is 26.0. The van der Waals surface area contributed by atoms with Crippen molar-refractivity contribution in [3.8, 4) is 28.5 Å². The maximum atomic E-state index is 14.3. The zero-order valence-electron chi connectivity index (χ0n) is 26.2. The molecule has 3 N–H and O–H groups in total. The summed E-state index contributed by atoms with van der Waals surface area (Å²) in [6.45, 7) is 5.65. The Morgan fingerprint density at radius 2 is 1.83 bits per heavy atom. The van der Waals surface area contributed by atoms with Crippen LogP contribution in [0.1, 0.15) is 63.5 Å². The lowest BCUT2D eigenvalue weighted by atomic mass is 9.91. The van der Waals surface area contributed by atoms with Crippen LogP contribution >= 0.6 is 11.3 Å². The monoisotopic (exact) mass is 659 g/mol. The molecule has 0 spiro atoms. The second-order valence-electron chi connectivity index (χ2n) is 12.0. The number of carbonyl (C=O) groups excluding carboxylic acids is 2. The van der Waals surface area contributed by atoms with Crippen molar-refractivity contribution in [2.24, 2.45) is 0 Å². The number of aromatic hydroxyl groups is 1. The first kappa shape index (κ1) is 32.5. The van der Waals surface area contributed by atoms with E-state index in [2.05, 4.69) is 25.5 Å². The predicted octanol–water partition coefficient (Wildman–Crippen LogP) is 5.84.